The molecule has 0 aliphatic heterocycles. The summed E-state index contributed by atoms with van der Waals surface area (Å²) in [5.74, 6) is -0.651. The van der Waals surface area contributed by atoms with Crippen molar-refractivity contribution in [2.45, 2.75) is 11.3 Å². The van der Waals surface area contributed by atoms with E-state index < -0.39 is 11.9 Å². The first kappa shape index (κ1) is 11.9. The normalized spacial score (nSPS) is 11.7. The Morgan fingerprint density at radius 3 is 2.76 bits per heavy atom. The molecule has 2 aromatic rings. The van der Waals surface area contributed by atoms with Gasteiger partial charge in [-0.05, 0) is 12.1 Å². The fourth-order valence-corrected chi connectivity index (χ4v) is 1.63. The van der Waals surface area contributed by atoms with Crippen LogP contribution in [0.5, 0.6) is 0 Å². The number of thioether (sulfide) groups is 1. The van der Waals surface area contributed by atoms with Crippen LogP contribution in [0.2, 0.25) is 0 Å². The Labute approximate surface area is 98.7 Å². The topological polar surface area (TPSA) is 54.5 Å². The van der Waals surface area contributed by atoms with Crippen molar-refractivity contribution in [1.29, 1.82) is 0 Å². The number of hydrogen-bond acceptors (Lipinski definition) is 4. The van der Waals surface area contributed by atoms with Gasteiger partial charge in [0.25, 0.3) is 0 Å². The summed E-state index contributed by atoms with van der Waals surface area (Å²) in [5, 5.41) is 6.29. The molecule has 0 aliphatic carbocycles. The van der Waals surface area contributed by atoms with Crippen LogP contribution >= 0.6 is 11.8 Å². The maximum Gasteiger partial charge on any atom is 0.398 e. The smallest absolute Gasteiger partial charge is 0.257 e. The highest BCUT2D eigenvalue weighted by atomic mass is 32.2. The lowest BCUT2D eigenvalue weighted by Gasteiger charge is -2.01. The number of pyridine rings is 1. The molecule has 0 bridgehead atoms. The van der Waals surface area contributed by atoms with Gasteiger partial charge in [-0.1, -0.05) is 17.8 Å². The lowest BCUT2D eigenvalue weighted by atomic mass is 10.3. The number of rotatable bonds is 3. The molecular weight excluding hydrogens is 253 g/mol. The van der Waals surface area contributed by atoms with E-state index in [0.29, 0.717) is 23.3 Å². The minimum atomic E-state index is -4.23. The predicted octanol–water partition coefficient (Wildman–Crippen LogP) is 2.52. The number of aromatic amines is 1. The van der Waals surface area contributed by atoms with Gasteiger partial charge in [0, 0.05) is 6.20 Å². The average Bonchev–Trinajstić information content (AvgIpc) is 2.75. The first-order chi connectivity index (χ1) is 8.04. The molecule has 0 unspecified atom stereocenters. The lowest BCUT2D eigenvalue weighted by molar-refractivity contribution is -0.105. The van der Waals surface area contributed by atoms with Crippen LogP contribution in [-0.4, -0.2) is 32.1 Å². The Kier molecular flexibility index (Phi) is 3.32. The van der Waals surface area contributed by atoms with Crippen molar-refractivity contribution in [3.05, 3.63) is 24.4 Å². The maximum absolute atomic E-state index is 12.0. The minimum Gasteiger partial charge on any atom is -0.257 e. The van der Waals surface area contributed by atoms with Crippen LogP contribution in [-0.2, 0) is 0 Å². The van der Waals surface area contributed by atoms with Crippen LogP contribution < -0.4 is 0 Å². The summed E-state index contributed by atoms with van der Waals surface area (Å²) in [5.41, 5.74) is 0.541. The summed E-state index contributed by atoms with van der Waals surface area (Å²) >= 11 is 0.537. The van der Waals surface area contributed by atoms with Crippen LogP contribution in [0, 0.1) is 0 Å². The van der Waals surface area contributed by atoms with Gasteiger partial charge < -0.3 is 0 Å². The van der Waals surface area contributed by atoms with E-state index in [1.165, 1.54) is 0 Å². The van der Waals surface area contributed by atoms with Gasteiger partial charge >= 0.3 is 6.18 Å². The molecule has 0 saturated heterocycles. The van der Waals surface area contributed by atoms with E-state index in [1.54, 1.807) is 24.4 Å². The summed E-state index contributed by atoms with van der Waals surface area (Å²) in [4.78, 5) is 7.92. The highest BCUT2D eigenvalue weighted by Gasteiger charge is 2.28. The third kappa shape index (κ3) is 3.45. The molecule has 0 spiro atoms. The third-order valence-electron chi connectivity index (χ3n) is 1.74. The quantitative estimate of drug-likeness (QED) is 0.861. The van der Waals surface area contributed by atoms with E-state index in [2.05, 4.69) is 20.2 Å². The van der Waals surface area contributed by atoms with Crippen LogP contribution in [0.3, 0.4) is 0 Å². The Morgan fingerprint density at radius 1 is 1.29 bits per heavy atom. The van der Waals surface area contributed by atoms with E-state index in [1.807, 2.05) is 0 Å². The number of alkyl halides is 3. The first-order valence-electron chi connectivity index (χ1n) is 4.58. The molecule has 2 aromatic heterocycles. The van der Waals surface area contributed by atoms with Crippen molar-refractivity contribution >= 4 is 11.8 Å². The van der Waals surface area contributed by atoms with Gasteiger partial charge in [-0.15, -0.1) is 5.10 Å². The van der Waals surface area contributed by atoms with Crippen LogP contribution in [0.25, 0.3) is 11.5 Å². The van der Waals surface area contributed by atoms with Gasteiger partial charge in [-0.3, -0.25) is 10.1 Å². The molecule has 0 fully saturated rings. The molecule has 2 heterocycles. The summed E-state index contributed by atoms with van der Waals surface area (Å²) in [6, 6.07) is 5.19. The standard InChI is InChI=1S/C9H7F3N4S/c10-9(11,12)5-17-8-14-7(15-16-8)6-3-1-2-4-13-6/h1-4H,5H2,(H,14,15,16). The number of nitrogens with zero attached hydrogens (tertiary/aromatic N) is 3. The van der Waals surface area contributed by atoms with E-state index >= 15 is 0 Å². The van der Waals surface area contributed by atoms with Gasteiger partial charge in [-0.25, -0.2) is 0 Å². The monoisotopic (exact) mass is 260 g/mol. The molecule has 90 valence electrons. The van der Waals surface area contributed by atoms with Gasteiger partial charge in [0.05, 0.1) is 5.75 Å². The second kappa shape index (κ2) is 4.74. The summed E-state index contributed by atoms with van der Waals surface area (Å²) < 4.78 is 35.9. The number of H-pyrrole nitrogens is 1. The molecule has 0 atom stereocenters. The molecule has 2 rings (SSSR count). The number of hydrogen-bond donors (Lipinski definition) is 1. The van der Waals surface area contributed by atoms with Crippen molar-refractivity contribution in [3.63, 3.8) is 0 Å². The predicted molar refractivity (Wildman–Crippen MR) is 56.4 cm³/mol. The maximum atomic E-state index is 12.0. The molecule has 17 heavy (non-hydrogen) atoms. The van der Waals surface area contributed by atoms with Gasteiger partial charge in [0.1, 0.15) is 5.69 Å². The minimum absolute atomic E-state index is 0.0583. The Balaban J connectivity index is 2.07. The Morgan fingerprint density at radius 2 is 2.12 bits per heavy atom. The number of aromatic nitrogens is 4. The summed E-state index contributed by atoms with van der Waals surface area (Å²) in [7, 11) is 0. The molecule has 0 amide bonds. The number of halogens is 3. The largest absolute Gasteiger partial charge is 0.398 e. The van der Waals surface area contributed by atoms with Crippen LogP contribution in [0.4, 0.5) is 13.2 Å². The van der Waals surface area contributed by atoms with E-state index in [0.717, 1.165) is 0 Å². The SMILES string of the molecule is FC(F)(F)CSc1n[nH]c(-c2ccccn2)n1. The lowest BCUT2D eigenvalue weighted by Crippen LogP contribution is -2.10. The molecule has 4 nitrogen and oxygen atoms in total. The summed E-state index contributed by atoms with van der Waals surface area (Å²) in [6.07, 6.45) is -2.66. The van der Waals surface area contributed by atoms with Crippen molar-refractivity contribution < 1.29 is 13.2 Å². The zero-order valence-corrected chi connectivity index (χ0v) is 9.22. The zero-order valence-electron chi connectivity index (χ0n) is 8.40. The van der Waals surface area contributed by atoms with E-state index in [9.17, 15) is 13.2 Å². The molecule has 0 radical (unpaired) electrons. The van der Waals surface area contributed by atoms with Crippen molar-refractivity contribution in [1.82, 2.24) is 20.2 Å². The highest BCUT2D eigenvalue weighted by Crippen LogP contribution is 2.25. The first-order valence-corrected chi connectivity index (χ1v) is 5.56. The molecule has 0 aliphatic rings. The van der Waals surface area contributed by atoms with Crippen LogP contribution in [0.15, 0.2) is 29.6 Å². The van der Waals surface area contributed by atoms with E-state index in [4.69, 9.17) is 0 Å². The fourth-order valence-electron chi connectivity index (χ4n) is 1.07. The average molecular weight is 260 g/mol. The van der Waals surface area contributed by atoms with Gasteiger partial charge in [-0.2, -0.15) is 18.2 Å². The second-order valence-electron chi connectivity index (χ2n) is 3.09. The Hall–Kier alpha value is -1.57. The zero-order chi connectivity index (χ0) is 12.3. The van der Waals surface area contributed by atoms with Crippen LogP contribution in [0.1, 0.15) is 0 Å². The molecule has 8 heteroatoms. The van der Waals surface area contributed by atoms with E-state index in [-0.39, 0.29) is 5.16 Å². The third-order valence-corrected chi connectivity index (χ3v) is 2.65. The molecule has 0 saturated carbocycles. The fraction of sp³-hybridized carbons (Fsp3) is 0.222. The van der Waals surface area contributed by atoms with Crippen molar-refractivity contribution in [3.8, 4) is 11.5 Å². The van der Waals surface area contributed by atoms with Crippen molar-refractivity contribution in [2.75, 3.05) is 5.75 Å². The molecular formula is C9H7F3N4S. The summed E-state index contributed by atoms with van der Waals surface area (Å²) in [6.45, 7) is 0. The van der Waals surface area contributed by atoms with Gasteiger partial charge in [0.2, 0.25) is 5.16 Å². The second-order valence-corrected chi connectivity index (χ2v) is 4.03. The molecule has 0 aromatic carbocycles. The highest BCUT2D eigenvalue weighted by molar-refractivity contribution is 7.99. The number of nitrogens with one attached hydrogen (secondary N) is 1. The molecule has 1 N–H and O–H groups in total. The Bertz CT molecular complexity index is 482. The van der Waals surface area contributed by atoms with Crippen molar-refractivity contribution in [2.24, 2.45) is 0 Å². The van der Waals surface area contributed by atoms with Gasteiger partial charge in [0.15, 0.2) is 5.82 Å².